The van der Waals surface area contributed by atoms with E-state index in [4.69, 9.17) is 0 Å². The van der Waals surface area contributed by atoms with Crippen LogP contribution in [0.1, 0.15) is 0 Å². The predicted molar refractivity (Wildman–Crippen MR) is 80.7 cm³/mol. The molecule has 0 N–H and O–H groups in total. The van der Waals surface area contributed by atoms with Gasteiger partial charge in [-0.15, -0.1) is 11.3 Å². The van der Waals surface area contributed by atoms with Gasteiger partial charge < -0.3 is 0 Å². The molecule has 0 radical (unpaired) electrons. The molecular weight excluding hydrogens is 278 g/mol. The normalized spacial score (nSPS) is 16.6. The summed E-state index contributed by atoms with van der Waals surface area (Å²) in [6.45, 7) is 2.66. The molecule has 19 heavy (non-hydrogen) atoms. The Bertz CT molecular complexity index is 588. The van der Waals surface area contributed by atoms with Crippen LogP contribution in [0.15, 0.2) is 34.4 Å². The van der Waals surface area contributed by atoms with Crippen molar-refractivity contribution in [2.45, 2.75) is 6.67 Å². The predicted octanol–water partition coefficient (Wildman–Crippen LogP) is 1.98. The van der Waals surface area contributed by atoms with Crippen LogP contribution in [0.2, 0.25) is 0 Å². The van der Waals surface area contributed by atoms with E-state index in [-0.39, 0.29) is 5.56 Å². The Morgan fingerprint density at radius 1 is 1.21 bits per heavy atom. The molecule has 4 nitrogen and oxygen atoms in total. The molecule has 0 amide bonds. The average molecular weight is 293 g/mol. The first-order valence-electron chi connectivity index (χ1n) is 6.25. The molecule has 0 unspecified atom stereocenters. The fraction of sp³-hybridized carbons (Fsp3) is 0.385. The van der Waals surface area contributed by atoms with Crippen molar-refractivity contribution in [1.29, 1.82) is 0 Å². The van der Waals surface area contributed by atoms with Gasteiger partial charge in [-0.25, -0.2) is 4.68 Å². The summed E-state index contributed by atoms with van der Waals surface area (Å²) in [5, 5.41) is 6.50. The van der Waals surface area contributed by atoms with Crippen LogP contribution in [0.3, 0.4) is 0 Å². The highest BCUT2D eigenvalue weighted by molar-refractivity contribution is 7.99. The molecule has 1 aliphatic heterocycles. The minimum Gasteiger partial charge on any atom is -0.283 e. The highest BCUT2D eigenvalue weighted by Crippen LogP contribution is 2.21. The largest absolute Gasteiger partial charge is 0.283 e. The van der Waals surface area contributed by atoms with Gasteiger partial charge in [0, 0.05) is 30.7 Å². The van der Waals surface area contributed by atoms with Gasteiger partial charge in [-0.05, 0) is 17.5 Å². The Hall–Kier alpha value is -1.11. The molecule has 0 aliphatic carbocycles. The van der Waals surface area contributed by atoms with E-state index in [0.29, 0.717) is 6.67 Å². The molecule has 100 valence electrons. The third-order valence-electron chi connectivity index (χ3n) is 3.08. The Kier molecular flexibility index (Phi) is 4.00. The SMILES string of the molecule is O=c1ccc(-c2cccs2)nn1CN1CCSCC1. The first-order chi connectivity index (χ1) is 9.33. The van der Waals surface area contributed by atoms with Gasteiger partial charge in [0.1, 0.15) is 5.69 Å². The molecule has 0 aromatic carbocycles. The second-order valence-corrected chi connectivity index (χ2v) is 6.58. The molecule has 1 saturated heterocycles. The molecule has 0 saturated carbocycles. The number of aromatic nitrogens is 2. The first-order valence-corrected chi connectivity index (χ1v) is 8.28. The van der Waals surface area contributed by atoms with Crippen molar-refractivity contribution in [3.63, 3.8) is 0 Å². The van der Waals surface area contributed by atoms with Crippen molar-refractivity contribution in [3.05, 3.63) is 40.0 Å². The third kappa shape index (κ3) is 3.08. The standard InChI is InChI=1S/C13H15N3OS2/c17-13-4-3-11(12-2-1-7-19-12)14-16(13)10-15-5-8-18-9-6-15/h1-4,7H,5-6,8-10H2. The molecule has 1 aliphatic rings. The van der Waals surface area contributed by atoms with E-state index in [1.165, 1.54) is 0 Å². The minimum atomic E-state index is -0.0291. The van der Waals surface area contributed by atoms with Gasteiger partial charge in [0.15, 0.2) is 0 Å². The summed E-state index contributed by atoms with van der Waals surface area (Å²) < 4.78 is 1.57. The van der Waals surface area contributed by atoms with Crippen molar-refractivity contribution in [1.82, 2.24) is 14.7 Å². The maximum Gasteiger partial charge on any atom is 0.268 e. The van der Waals surface area contributed by atoms with Crippen molar-refractivity contribution in [2.24, 2.45) is 0 Å². The Morgan fingerprint density at radius 3 is 2.79 bits per heavy atom. The highest BCUT2D eigenvalue weighted by atomic mass is 32.2. The summed E-state index contributed by atoms with van der Waals surface area (Å²) >= 11 is 3.61. The third-order valence-corrected chi connectivity index (χ3v) is 4.91. The molecule has 2 aromatic rings. The molecule has 6 heteroatoms. The monoisotopic (exact) mass is 293 g/mol. The maximum absolute atomic E-state index is 11.9. The molecule has 3 rings (SSSR count). The molecule has 3 heterocycles. The van der Waals surface area contributed by atoms with Gasteiger partial charge >= 0.3 is 0 Å². The lowest BCUT2D eigenvalue weighted by Gasteiger charge is -2.26. The number of hydrogen-bond donors (Lipinski definition) is 0. The Morgan fingerprint density at radius 2 is 2.05 bits per heavy atom. The van der Waals surface area contributed by atoms with E-state index in [9.17, 15) is 4.79 Å². The zero-order chi connectivity index (χ0) is 13.1. The molecule has 0 spiro atoms. The molecule has 1 fully saturated rings. The zero-order valence-corrected chi connectivity index (χ0v) is 12.1. The average Bonchev–Trinajstić information content (AvgIpc) is 2.96. The van der Waals surface area contributed by atoms with Gasteiger partial charge in [-0.3, -0.25) is 9.69 Å². The van der Waals surface area contributed by atoms with Gasteiger partial charge in [0.2, 0.25) is 0 Å². The Balaban J connectivity index is 1.84. The zero-order valence-electron chi connectivity index (χ0n) is 10.5. The quantitative estimate of drug-likeness (QED) is 0.867. The van der Waals surface area contributed by atoms with E-state index in [0.717, 1.165) is 35.2 Å². The van der Waals surface area contributed by atoms with Crippen molar-refractivity contribution < 1.29 is 0 Å². The number of hydrogen-bond acceptors (Lipinski definition) is 5. The van der Waals surface area contributed by atoms with Crippen LogP contribution in [-0.4, -0.2) is 39.3 Å². The van der Waals surface area contributed by atoms with E-state index in [2.05, 4.69) is 10.00 Å². The van der Waals surface area contributed by atoms with Crippen molar-refractivity contribution >= 4 is 23.1 Å². The second-order valence-electron chi connectivity index (χ2n) is 4.41. The number of nitrogens with zero attached hydrogens (tertiary/aromatic N) is 3. The molecule has 2 aromatic heterocycles. The van der Waals surface area contributed by atoms with E-state index < -0.39 is 0 Å². The summed E-state index contributed by atoms with van der Waals surface area (Å²) in [7, 11) is 0. The minimum absolute atomic E-state index is 0.0291. The highest BCUT2D eigenvalue weighted by Gasteiger charge is 2.12. The lowest BCUT2D eigenvalue weighted by atomic mass is 10.3. The molecule has 0 bridgehead atoms. The van der Waals surface area contributed by atoms with E-state index >= 15 is 0 Å². The van der Waals surface area contributed by atoms with Crippen LogP contribution in [0.25, 0.3) is 10.6 Å². The van der Waals surface area contributed by atoms with E-state index in [1.54, 1.807) is 28.2 Å². The summed E-state index contributed by atoms with van der Waals surface area (Å²) in [5.74, 6) is 2.28. The van der Waals surface area contributed by atoms with Crippen LogP contribution in [0.4, 0.5) is 0 Å². The van der Waals surface area contributed by atoms with Crippen LogP contribution in [0, 0.1) is 0 Å². The smallest absolute Gasteiger partial charge is 0.268 e. The number of thiophene rings is 1. The maximum atomic E-state index is 11.9. The lowest BCUT2D eigenvalue weighted by Crippen LogP contribution is -2.38. The Labute approximate surface area is 120 Å². The van der Waals surface area contributed by atoms with Gasteiger partial charge in [0.05, 0.1) is 11.5 Å². The van der Waals surface area contributed by atoms with Crippen LogP contribution in [-0.2, 0) is 6.67 Å². The number of rotatable bonds is 3. The van der Waals surface area contributed by atoms with E-state index in [1.807, 2.05) is 29.3 Å². The summed E-state index contributed by atoms with van der Waals surface area (Å²) in [6, 6.07) is 7.44. The fourth-order valence-corrected chi connectivity index (χ4v) is 3.71. The van der Waals surface area contributed by atoms with Crippen molar-refractivity contribution in [2.75, 3.05) is 24.6 Å². The molecule has 0 atom stereocenters. The molecular formula is C13H15N3OS2. The van der Waals surface area contributed by atoms with Crippen molar-refractivity contribution in [3.8, 4) is 10.6 Å². The number of thioether (sulfide) groups is 1. The fourth-order valence-electron chi connectivity index (χ4n) is 2.04. The van der Waals surface area contributed by atoms with Gasteiger partial charge in [0.25, 0.3) is 5.56 Å². The summed E-state index contributed by atoms with van der Waals surface area (Å²) in [5.41, 5.74) is 0.847. The second kappa shape index (κ2) is 5.90. The van der Waals surface area contributed by atoms with Crippen LogP contribution >= 0.6 is 23.1 Å². The lowest BCUT2D eigenvalue weighted by molar-refractivity contribution is 0.223. The topological polar surface area (TPSA) is 38.1 Å². The first kappa shape index (κ1) is 12.9. The summed E-state index contributed by atoms with van der Waals surface area (Å²) in [6.07, 6.45) is 0. The van der Waals surface area contributed by atoms with Crippen LogP contribution in [0.5, 0.6) is 0 Å². The summed E-state index contributed by atoms with van der Waals surface area (Å²) in [4.78, 5) is 15.3. The van der Waals surface area contributed by atoms with Gasteiger partial charge in [-0.2, -0.15) is 16.9 Å². The van der Waals surface area contributed by atoms with Crippen LogP contribution < -0.4 is 5.56 Å². The van der Waals surface area contributed by atoms with Gasteiger partial charge in [-0.1, -0.05) is 6.07 Å².